The van der Waals surface area contributed by atoms with Crippen molar-refractivity contribution in [2.45, 2.75) is 26.2 Å². The van der Waals surface area contributed by atoms with E-state index in [0.717, 1.165) is 0 Å². The van der Waals surface area contributed by atoms with Gasteiger partial charge < -0.3 is 15.2 Å². The topological polar surface area (TPSA) is 58.6 Å². The molecule has 1 aromatic carbocycles. The van der Waals surface area contributed by atoms with E-state index in [1.807, 2.05) is 6.92 Å². The predicted molar refractivity (Wildman–Crippen MR) is 84.4 cm³/mol. The second-order valence-electron chi connectivity index (χ2n) is 4.31. The minimum absolute atomic E-state index is 0.00663. The van der Waals surface area contributed by atoms with Gasteiger partial charge in [0, 0.05) is 36.6 Å². The molecule has 0 atom stereocenters. The summed E-state index contributed by atoms with van der Waals surface area (Å²) in [4.78, 5) is 11.9. The van der Waals surface area contributed by atoms with Crippen LogP contribution >= 0.6 is 11.6 Å². The van der Waals surface area contributed by atoms with Crippen molar-refractivity contribution < 1.29 is 14.6 Å². The quantitative estimate of drug-likeness (QED) is 0.601. The van der Waals surface area contributed by atoms with E-state index in [2.05, 4.69) is 17.2 Å². The van der Waals surface area contributed by atoms with Crippen LogP contribution in [-0.2, 0) is 9.53 Å². The molecule has 1 rings (SSSR count). The molecule has 0 saturated heterocycles. The molecule has 5 heteroatoms. The van der Waals surface area contributed by atoms with Gasteiger partial charge in [0.25, 0.3) is 0 Å². The number of amides is 1. The van der Waals surface area contributed by atoms with Crippen molar-refractivity contribution in [1.82, 2.24) is 0 Å². The van der Waals surface area contributed by atoms with Crippen molar-refractivity contribution in [3.05, 3.63) is 28.8 Å². The molecule has 0 bridgehead atoms. The van der Waals surface area contributed by atoms with Gasteiger partial charge >= 0.3 is 0 Å². The highest BCUT2D eigenvalue weighted by Crippen LogP contribution is 2.20. The molecule has 114 valence electrons. The molecule has 0 aliphatic rings. The van der Waals surface area contributed by atoms with Gasteiger partial charge in [0.1, 0.15) is 0 Å². The van der Waals surface area contributed by atoms with Gasteiger partial charge in [0.2, 0.25) is 5.91 Å². The van der Waals surface area contributed by atoms with Crippen molar-refractivity contribution in [2.24, 2.45) is 0 Å². The first-order valence-corrected chi connectivity index (χ1v) is 7.32. The Morgan fingerprint density at radius 3 is 3.00 bits per heavy atom. The number of benzene rings is 1. The maximum absolute atomic E-state index is 11.9. The molecule has 0 heterocycles. The number of hydrogen-bond donors (Lipinski definition) is 2. The van der Waals surface area contributed by atoms with E-state index in [9.17, 15) is 4.79 Å². The third-order valence-corrected chi connectivity index (χ3v) is 2.85. The summed E-state index contributed by atoms with van der Waals surface area (Å²) in [7, 11) is 0. The zero-order valence-electron chi connectivity index (χ0n) is 12.1. The van der Waals surface area contributed by atoms with Crippen LogP contribution in [0.4, 0.5) is 5.69 Å². The molecule has 1 amide bonds. The fourth-order valence-corrected chi connectivity index (χ4v) is 1.81. The van der Waals surface area contributed by atoms with Crippen LogP contribution in [0.15, 0.2) is 18.2 Å². The molecule has 0 saturated carbocycles. The number of hydrogen-bond acceptors (Lipinski definition) is 3. The summed E-state index contributed by atoms with van der Waals surface area (Å²) in [5, 5.41) is 12.1. The van der Waals surface area contributed by atoms with Crippen molar-refractivity contribution in [1.29, 1.82) is 0 Å². The van der Waals surface area contributed by atoms with E-state index in [4.69, 9.17) is 21.4 Å². The van der Waals surface area contributed by atoms with Crippen LogP contribution in [-0.4, -0.2) is 30.8 Å². The Morgan fingerprint density at radius 2 is 2.29 bits per heavy atom. The van der Waals surface area contributed by atoms with Crippen molar-refractivity contribution in [3.63, 3.8) is 0 Å². The van der Waals surface area contributed by atoms with Crippen LogP contribution in [0, 0.1) is 11.8 Å². The van der Waals surface area contributed by atoms with Gasteiger partial charge in [0.05, 0.1) is 12.3 Å². The molecule has 4 nitrogen and oxygen atoms in total. The number of anilines is 1. The van der Waals surface area contributed by atoms with Crippen molar-refractivity contribution >= 4 is 23.2 Å². The Bertz CT molecular complexity index is 520. The van der Waals surface area contributed by atoms with Gasteiger partial charge in [0.15, 0.2) is 0 Å². The summed E-state index contributed by atoms with van der Waals surface area (Å²) in [5.74, 6) is 5.64. The third kappa shape index (κ3) is 7.14. The number of aliphatic hydroxyl groups excluding tert-OH is 1. The first-order valence-electron chi connectivity index (χ1n) is 6.94. The minimum Gasteiger partial charge on any atom is -0.395 e. The zero-order valence-corrected chi connectivity index (χ0v) is 12.9. The summed E-state index contributed by atoms with van der Waals surface area (Å²) in [5.41, 5.74) is 1.28. The Morgan fingerprint density at radius 1 is 1.48 bits per heavy atom. The third-order valence-electron chi connectivity index (χ3n) is 2.61. The Labute approximate surface area is 130 Å². The standard InChI is InChI=1S/C16H20ClNO3/c1-2-21-11-5-7-16(20)18-15-9-8-14(17)12-13(15)6-3-4-10-19/h8-9,12,19H,2,4-5,7,10-11H2,1H3,(H,18,20). The van der Waals surface area contributed by atoms with E-state index in [-0.39, 0.29) is 12.5 Å². The first kappa shape index (κ1) is 17.5. The van der Waals surface area contributed by atoms with Gasteiger partial charge in [-0.3, -0.25) is 4.79 Å². The molecular weight excluding hydrogens is 290 g/mol. The monoisotopic (exact) mass is 309 g/mol. The van der Waals surface area contributed by atoms with Gasteiger partial charge in [-0.25, -0.2) is 0 Å². The van der Waals surface area contributed by atoms with Gasteiger partial charge in [-0.1, -0.05) is 23.4 Å². The van der Waals surface area contributed by atoms with Crippen LogP contribution < -0.4 is 5.32 Å². The second-order valence-corrected chi connectivity index (χ2v) is 4.75. The van der Waals surface area contributed by atoms with Crippen LogP contribution in [0.5, 0.6) is 0 Å². The first-order chi connectivity index (χ1) is 10.2. The molecule has 2 N–H and O–H groups in total. The number of rotatable bonds is 7. The Hall–Kier alpha value is -1.54. The van der Waals surface area contributed by atoms with Gasteiger partial charge in [-0.05, 0) is 31.5 Å². The molecular formula is C16H20ClNO3. The van der Waals surface area contributed by atoms with Crippen LogP contribution in [0.25, 0.3) is 0 Å². The number of nitrogens with one attached hydrogen (secondary N) is 1. The van der Waals surface area contributed by atoms with Crippen molar-refractivity contribution in [3.8, 4) is 11.8 Å². The molecule has 21 heavy (non-hydrogen) atoms. The second kappa shape index (κ2) is 10.2. The molecule has 0 radical (unpaired) electrons. The average Bonchev–Trinajstić information content (AvgIpc) is 2.47. The van der Waals surface area contributed by atoms with Crippen LogP contribution in [0.2, 0.25) is 5.02 Å². The highest BCUT2D eigenvalue weighted by Gasteiger charge is 2.06. The van der Waals surface area contributed by atoms with Crippen LogP contribution in [0.3, 0.4) is 0 Å². The van der Waals surface area contributed by atoms with Gasteiger partial charge in [-0.15, -0.1) is 0 Å². The van der Waals surface area contributed by atoms with E-state index >= 15 is 0 Å². The van der Waals surface area contributed by atoms with Gasteiger partial charge in [-0.2, -0.15) is 0 Å². The van der Waals surface area contributed by atoms with Crippen molar-refractivity contribution in [2.75, 3.05) is 25.1 Å². The highest BCUT2D eigenvalue weighted by molar-refractivity contribution is 6.30. The SMILES string of the molecule is CCOCCCC(=O)Nc1ccc(Cl)cc1C#CCCO. The summed E-state index contributed by atoms with van der Waals surface area (Å²) >= 11 is 5.94. The lowest BCUT2D eigenvalue weighted by Gasteiger charge is -2.08. The Balaban J connectivity index is 2.65. The molecule has 0 spiro atoms. The smallest absolute Gasteiger partial charge is 0.224 e. The average molecular weight is 310 g/mol. The molecule has 1 aromatic rings. The molecule has 0 aromatic heterocycles. The fraction of sp³-hybridized carbons (Fsp3) is 0.438. The lowest BCUT2D eigenvalue weighted by molar-refractivity contribution is -0.116. The summed E-state index contributed by atoms with van der Waals surface area (Å²) in [6.07, 6.45) is 1.46. The lowest BCUT2D eigenvalue weighted by Crippen LogP contribution is -2.13. The van der Waals surface area contributed by atoms with E-state index in [0.29, 0.717) is 48.7 Å². The van der Waals surface area contributed by atoms with Crippen LogP contribution in [0.1, 0.15) is 31.7 Å². The predicted octanol–water partition coefficient (Wildman–Crippen LogP) is 2.83. The van der Waals surface area contributed by atoms with E-state index < -0.39 is 0 Å². The number of carbonyl (C=O) groups is 1. The zero-order chi connectivity index (χ0) is 15.5. The molecule has 0 unspecified atom stereocenters. The number of halogens is 1. The Kier molecular flexibility index (Phi) is 8.53. The minimum atomic E-state index is -0.0813. The maximum Gasteiger partial charge on any atom is 0.224 e. The number of aliphatic hydroxyl groups is 1. The van der Waals surface area contributed by atoms with E-state index in [1.165, 1.54) is 0 Å². The highest BCUT2D eigenvalue weighted by atomic mass is 35.5. The summed E-state index contributed by atoms with van der Waals surface area (Å²) < 4.78 is 5.20. The largest absolute Gasteiger partial charge is 0.395 e. The normalized spacial score (nSPS) is 9.86. The molecule has 0 fully saturated rings. The van der Waals surface area contributed by atoms with E-state index in [1.54, 1.807) is 18.2 Å². The fourth-order valence-electron chi connectivity index (χ4n) is 1.63. The molecule has 0 aliphatic carbocycles. The lowest BCUT2D eigenvalue weighted by atomic mass is 10.1. The maximum atomic E-state index is 11.9. The summed E-state index contributed by atoms with van der Waals surface area (Å²) in [6, 6.07) is 5.13. The summed E-state index contributed by atoms with van der Waals surface area (Å²) in [6.45, 7) is 3.16. The number of ether oxygens (including phenoxy) is 1. The molecule has 0 aliphatic heterocycles. The number of carbonyl (C=O) groups excluding carboxylic acids is 1.